The molecule has 0 bridgehead atoms. The topological polar surface area (TPSA) is 108 Å². The Bertz CT molecular complexity index is 1200. The zero-order valence-corrected chi connectivity index (χ0v) is 16.2. The Morgan fingerprint density at radius 3 is 2.61 bits per heavy atom. The maximum absolute atomic E-state index is 12.0. The predicted octanol–water partition coefficient (Wildman–Crippen LogP) is 4.47. The normalized spacial score (nSPS) is 10.9. The molecule has 4 aromatic rings. The molecular formula is C20H14BrN3O4. The zero-order valence-electron chi connectivity index (χ0n) is 14.6. The van der Waals surface area contributed by atoms with Crippen LogP contribution in [0.3, 0.4) is 0 Å². The van der Waals surface area contributed by atoms with Crippen LogP contribution in [0.25, 0.3) is 33.5 Å². The number of hydrogen-bond donors (Lipinski definition) is 3. The molecule has 0 unspecified atom stereocenters. The van der Waals surface area contributed by atoms with Gasteiger partial charge >= 0.3 is 5.97 Å². The van der Waals surface area contributed by atoms with Gasteiger partial charge in [0.1, 0.15) is 0 Å². The number of nitrogens with one attached hydrogen (secondary N) is 1. The lowest BCUT2D eigenvalue weighted by atomic mass is 10.0. The number of carboxylic acids is 1. The molecule has 7 nitrogen and oxygen atoms in total. The lowest BCUT2D eigenvalue weighted by Gasteiger charge is -2.09. The third-order valence-corrected chi connectivity index (χ3v) is 4.91. The molecule has 8 heteroatoms. The molecule has 2 aromatic heterocycles. The Morgan fingerprint density at radius 2 is 1.93 bits per heavy atom. The lowest BCUT2D eigenvalue weighted by molar-refractivity contribution is 0.0699. The number of hydrogen-bond acceptors (Lipinski definition) is 5. The van der Waals surface area contributed by atoms with Gasteiger partial charge in [0, 0.05) is 15.6 Å². The Kier molecular flexibility index (Phi) is 4.48. The second kappa shape index (κ2) is 6.97. The highest BCUT2D eigenvalue weighted by Gasteiger charge is 2.21. The first-order chi connectivity index (χ1) is 13.5. The van der Waals surface area contributed by atoms with Gasteiger partial charge in [0.05, 0.1) is 29.4 Å². The third kappa shape index (κ3) is 2.97. The van der Waals surface area contributed by atoms with Crippen molar-refractivity contribution in [3.63, 3.8) is 0 Å². The van der Waals surface area contributed by atoms with Crippen LogP contribution in [-0.2, 0) is 0 Å². The second-order valence-electron chi connectivity index (χ2n) is 6.02. The number of methoxy groups -OCH3 is 1. The summed E-state index contributed by atoms with van der Waals surface area (Å²) in [5.74, 6) is -0.957. The van der Waals surface area contributed by atoms with E-state index in [1.165, 1.54) is 13.2 Å². The van der Waals surface area contributed by atoms with Crippen LogP contribution in [-0.4, -0.2) is 38.5 Å². The second-order valence-corrected chi connectivity index (χ2v) is 6.94. The number of para-hydroxylation sites is 1. The number of aromatic nitrogens is 3. The number of nitrogens with zero attached hydrogens (tertiary/aromatic N) is 2. The molecule has 4 rings (SSSR count). The molecule has 2 aromatic carbocycles. The number of aromatic amines is 1. The SMILES string of the molecule is COc1cccc(-c2cc(C(=O)O)c3c(-c4ccc(Br)cc4)[nH]nc3n2)c1O. The number of benzene rings is 2. The van der Waals surface area contributed by atoms with Gasteiger partial charge in [-0.2, -0.15) is 5.10 Å². The molecule has 3 N–H and O–H groups in total. The zero-order chi connectivity index (χ0) is 19.8. The van der Waals surface area contributed by atoms with Crippen LogP contribution in [0.4, 0.5) is 0 Å². The summed E-state index contributed by atoms with van der Waals surface area (Å²) >= 11 is 3.38. The summed E-state index contributed by atoms with van der Waals surface area (Å²) in [5, 5.41) is 27.7. The summed E-state index contributed by atoms with van der Waals surface area (Å²) in [5.41, 5.74) is 2.27. The molecule has 0 saturated carbocycles. The van der Waals surface area contributed by atoms with Gasteiger partial charge in [-0.3, -0.25) is 5.10 Å². The molecule has 0 amide bonds. The number of fused-ring (bicyclic) bond motifs is 1. The number of H-pyrrole nitrogens is 1. The number of ether oxygens (including phenoxy) is 1. The molecule has 140 valence electrons. The largest absolute Gasteiger partial charge is 0.504 e. The molecule has 0 aliphatic heterocycles. The number of rotatable bonds is 4. The first-order valence-corrected chi connectivity index (χ1v) is 9.03. The van der Waals surface area contributed by atoms with Crippen LogP contribution in [0.1, 0.15) is 10.4 Å². The highest BCUT2D eigenvalue weighted by molar-refractivity contribution is 9.10. The van der Waals surface area contributed by atoms with E-state index in [1.807, 2.05) is 24.3 Å². The number of aromatic hydroxyl groups is 1. The van der Waals surface area contributed by atoms with E-state index < -0.39 is 5.97 Å². The number of pyridine rings is 1. The fourth-order valence-electron chi connectivity index (χ4n) is 3.05. The Balaban J connectivity index is 1.96. The van der Waals surface area contributed by atoms with E-state index in [4.69, 9.17) is 4.74 Å². The number of aromatic carboxylic acids is 1. The van der Waals surface area contributed by atoms with Crippen molar-refractivity contribution in [3.05, 3.63) is 58.6 Å². The van der Waals surface area contributed by atoms with Crippen molar-refractivity contribution in [2.75, 3.05) is 7.11 Å². The van der Waals surface area contributed by atoms with Gasteiger partial charge in [-0.05, 0) is 30.3 Å². The summed E-state index contributed by atoms with van der Waals surface area (Å²) < 4.78 is 6.03. The van der Waals surface area contributed by atoms with E-state index in [0.717, 1.165) is 10.0 Å². The van der Waals surface area contributed by atoms with Crippen molar-refractivity contribution in [2.45, 2.75) is 0 Å². The van der Waals surface area contributed by atoms with Crippen LogP contribution in [0.2, 0.25) is 0 Å². The van der Waals surface area contributed by atoms with Crippen LogP contribution in [0, 0.1) is 0 Å². The van der Waals surface area contributed by atoms with E-state index in [-0.39, 0.29) is 28.4 Å². The molecule has 0 aliphatic rings. The standard InChI is InChI=1S/C20H14BrN3O4/c1-28-15-4-2-3-12(18(15)25)14-9-13(20(26)27)16-17(23-24-19(16)22-14)10-5-7-11(21)8-6-10/h2-9,25H,1H3,(H,26,27)(H,22,23,24). The van der Waals surface area contributed by atoms with Gasteiger partial charge < -0.3 is 14.9 Å². The van der Waals surface area contributed by atoms with Gasteiger partial charge in [-0.25, -0.2) is 9.78 Å². The van der Waals surface area contributed by atoms with Gasteiger partial charge in [0.15, 0.2) is 17.1 Å². The number of phenolic OH excluding ortho intramolecular Hbond substituents is 1. The Hall–Kier alpha value is -3.39. The number of phenols is 1. The molecule has 2 heterocycles. The predicted molar refractivity (Wildman–Crippen MR) is 108 cm³/mol. The van der Waals surface area contributed by atoms with E-state index >= 15 is 0 Å². The average molecular weight is 440 g/mol. The van der Waals surface area contributed by atoms with Crippen molar-refractivity contribution in [1.82, 2.24) is 15.2 Å². The third-order valence-electron chi connectivity index (χ3n) is 4.38. The van der Waals surface area contributed by atoms with Gasteiger partial charge in [0.25, 0.3) is 0 Å². The Morgan fingerprint density at radius 1 is 1.18 bits per heavy atom. The lowest BCUT2D eigenvalue weighted by Crippen LogP contribution is -2.00. The maximum Gasteiger partial charge on any atom is 0.336 e. The molecular weight excluding hydrogens is 426 g/mol. The molecule has 0 spiro atoms. The molecule has 0 aliphatic carbocycles. The smallest absolute Gasteiger partial charge is 0.336 e. The Labute approximate surface area is 167 Å². The van der Waals surface area contributed by atoms with Gasteiger partial charge in [0.2, 0.25) is 0 Å². The van der Waals surface area contributed by atoms with Crippen LogP contribution in [0.15, 0.2) is 53.0 Å². The quantitative estimate of drug-likeness (QED) is 0.432. The number of halogens is 1. The molecule has 0 fully saturated rings. The molecule has 0 saturated heterocycles. The fraction of sp³-hybridized carbons (Fsp3) is 0.0500. The minimum Gasteiger partial charge on any atom is -0.504 e. The summed E-state index contributed by atoms with van der Waals surface area (Å²) in [7, 11) is 1.44. The first kappa shape index (κ1) is 18.0. The number of carboxylic acid groups (broad SMARTS) is 1. The van der Waals surface area contributed by atoms with E-state index in [2.05, 4.69) is 31.1 Å². The minimum atomic E-state index is -1.12. The fourth-order valence-corrected chi connectivity index (χ4v) is 3.31. The van der Waals surface area contributed by atoms with Gasteiger partial charge in [-0.15, -0.1) is 0 Å². The monoisotopic (exact) mass is 439 g/mol. The van der Waals surface area contributed by atoms with Crippen LogP contribution < -0.4 is 4.74 Å². The minimum absolute atomic E-state index is 0.0360. The van der Waals surface area contributed by atoms with Crippen molar-refractivity contribution in [2.24, 2.45) is 0 Å². The average Bonchev–Trinajstić information content (AvgIpc) is 3.12. The van der Waals surface area contributed by atoms with Crippen LogP contribution >= 0.6 is 15.9 Å². The number of carbonyl (C=O) groups is 1. The van der Waals surface area contributed by atoms with Gasteiger partial charge in [-0.1, -0.05) is 34.1 Å². The molecule has 28 heavy (non-hydrogen) atoms. The van der Waals surface area contributed by atoms with Crippen LogP contribution in [0.5, 0.6) is 11.5 Å². The van der Waals surface area contributed by atoms with Crippen molar-refractivity contribution < 1.29 is 19.7 Å². The first-order valence-electron chi connectivity index (χ1n) is 8.24. The van der Waals surface area contributed by atoms with Crippen molar-refractivity contribution in [3.8, 4) is 34.0 Å². The summed E-state index contributed by atoms with van der Waals surface area (Å²) in [6.07, 6.45) is 0. The summed E-state index contributed by atoms with van der Waals surface area (Å²) in [6, 6.07) is 13.8. The summed E-state index contributed by atoms with van der Waals surface area (Å²) in [6.45, 7) is 0. The highest BCUT2D eigenvalue weighted by Crippen LogP contribution is 2.38. The van der Waals surface area contributed by atoms with E-state index in [0.29, 0.717) is 16.6 Å². The molecule has 0 atom stereocenters. The van der Waals surface area contributed by atoms with Crippen molar-refractivity contribution >= 4 is 32.9 Å². The highest BCUT2D eigenvalue weighted by atomic mass is 79.9. The van der Waals surface area contributed by atoms with Crippen molar-refractivity contribution in [1.29, 1.82) is 0 Å². The van der Waals surface area contributed by atoms with E-state index in [9.17, 15) is 15.0 Å². The summed E-state index contributed by atoms with van der Waals surface area (Å²) in [4.78, 5) is 16.4. The molecule has 0 radical (unpaired) electrons. The maximum atomic E-state index is 12.0. The van der Waals surface area contributed by atoms with E-state index in [1.54, 1.807) is 18.2 Å².